The van der Waals surface area contributed by atoms with E-state index in [0.29, 0.717) is 6.61 Å². The van der Waals surface area contributed by atoms with Gasteiger partial charge < -0.3 is 9.84 Å². The van der Waals surface area contributed by atoms with E-state index in [-0.39, 0.29) is 5.92 Å². The summed E-state index contributed by atoms with van der Waals surface area (Å²) in [5.74, 6) is 1.00. The van der Waals surface area contributed by atoms with Gasteiger partial charge in [0.1, 0.15) is 12.4 Å². The molecule has 1 aromatic rings. The lowest BCUT2D eigenvalue weighted by Gasteiger charge is -2.15. The first-order chi connectivity index (χ1) is 6.59. The molecule has 1 unspecified atom stereocenters. The summed E-state index contributed by atoms with van der Waals surface area (Å²) in [7, 11) is 0. The number of hydrogen-bond acceptors (Lipinski definition) is 2. The van der Waals surface area contributed by atoms with E-state index in [1.165, 1.54) is 0 Å². The maximum atomic E-state index is 9.52. The molecule has 0 radical (unpaired) electrons. The maximum absolute atomic E-state index is 9.52. The number of aliphatic hydroxyl groups is 1. The molecule has 14 heavy (non-hydrogen) atoms. The zero-order chi connectivity index (χ0) is 10.6. The number of hydrogen-bond donors (Lipinski definition) is 1. The molecule has 0 fully saturated rings. The molecule has 1 rings (SSSR count). The van der Waals surface area contributed by atoms with Gasteiger partial charge in [0.2, 0.25) is 0 Å². The molecule has 0 aromatic heterocycles. The van der Waals surface area contributed by atoms with Crippen molar-refractivity contribution in [2.45, 2.75) is 20.0 Å². The number of halogens is 1. The molecular weight excluding hydrogens is 244 g/mol. The normalized spacial score (nSPS) is 12.9. The summed E-state index contributed by atoms with van der Waals surface area (Å²) in [4.78, 5) is 0. The number of rotatable bonds is 4. The molecule has 0 bridgehead atoms. The summed E-state index contributed by atoms with van der Waals surface area (Å²) < 4.78 is 6.41. The Bertz CT molecular complexity index is 286. The van der Waals surface area contributed by atoms with Gasteiger partial charge in [-0.05, 0) is 24.1 Å². The first-order valence-corrected chi connectivity index (χ1v) is 5.45. The summed E-state index contributed by atoms with van der Waals surface area (Å²) in [6, 6.07) is 7.59. The molecule has 0 spiro atoms. The number of benzene rings is 1. The van der Waals surface area contributed by atoms with Crippen LogP contribution in [0.25, 0.3) is 0 Å². The van der Waals surface area contributed by atoms with Crippen LogP contribution in [0.15, 0.2) is 28.7 Å². The van der Waals surface area contributed by atoms with E-state index >= 15 is 0 Å². The summed E-state index contributed by atoms with van der Waals surface area (Å²) in [5, 5.41) is 9.52. The third-order valence-electron chi connectivity index (χ3n) is 1.99. The molecule has 78 valence electrons. The van der Waals surface area contributed by atoms with Gasteiger partial charge in [0.25, 0.3) is 0 Å². The van der Waals surface area contributed by atoms with Gasteiger partial charge in [-0.25, -0.2) is 0 Å². The van der Waals surface area contributed by atoms with E-state index in [1.54, 1.807) is 0 Å². The van der Waals surface area contributed by atoms with Gasteiger partial charge in [0, 0.05) is 4.47 Å². The van der Waals surface area contributed by atoms with Gasteiger partial charge in [-0.1, -0.05) is 35.8 Å². The smallest absolute Gasteiger partial charge is 0.120 e. The highest BCUT2D eigenvalue weighted by atomic mass is 79.9. The van der Waals surface area contributed by atoms with Crippen LogP contribution in [0.4, 0.5) is 0 Å². The van der Waals surface area contributed by atoms with E-state index in [2.05, 4.69) is 15.9 Å². The van der Waals surface area contributed by atoms with E-state index in [4.69, 9.17) is 4.74 Å². The van der Waals surface area contributed by atoms with Crippen LogP contribution >= 0.6 is 15.9 Å². The van der Waals surface area contributed by atoms with E-state index in [1.807, 2.05) is 38.1 Å². The Hall–Kier alpha value is -0.540. The number of aliphatic hydroxyl groups excluding tert-OH is 1. The van der Waals surface area contributed by atoms with Gasteiger partial charge in [-0.2, -0.15) is 0 Å². The Morgan fingerprint density at radius 1 is 1.43 bits per heavy atom. The quantitative estimate of drug-likeness (QED) is 0.900. The van der Waals surface area contributed by atoms with Crippen molar-refractivity contribution in [2.75, 3.05) is 6.61 Å². The fourth-order valence-electron chi connectivity index (χ4n) is 0.931. The topological polar surface area (TPSA) is 29.5 Å². The van der Waals surface area contributed by atoms with Crippen LogP contribution in [0.3, 0.4) is 0 Å². The zero-order valence-electron chi connectivity index (χ0n) is 8.40. The van der Waals surface area contributed by atoms with Gasteiger partial charge in [-0.3, -0.25) is 0 Å². The lowest BCUT2D eigenvalue weighted by Crippen LogP contribution is -2.23. The van der Waals surface area contributed by atoms with Gasteiger partial charge >= 0.3 is 0 Å². The highest BCUT2D eigenvalue weighted by Crippen LogP contribution is 2.18. The Morgan fingerprint density at radius 3 is 2.71 bits per heavy atom. The van der Waals surface area contributed by atoms with Crippen molar-refractivity contribution in [3.8, 4) is 5.75 Å². The van der Waals surface area contributed by atoms with Crippen LogP contribution in [0.1, 0.15) is 13.8 Å². The molecule has 0 amide bonds. The van der Waals surface area contributed by atoms with E-state index < -0.39 is 6.10 Å². The molecule has 0 saturated carbocycles. The molecule has 0 saturated heterocycles. The third-order valence-corrected chi connectivity index (χ3v) is 2.48. The minimum atomic E-state index is -0.408. The highest BCUT2D eigenvalue weighted by molar-refractivity contribution is 9.10. The van der Waals surface area contributed by atoms with E-state index in [9.17, 15) is 5.11 Å². The van der Waals surface area contributed by atoms with Crippen LogP contribution in [-0.4, -0.2) is 17.8 Å². The second-order valence-corrected chi connectivity index (χ2v) is 4.50. The second-order valence-electron chi connectivity index (χ2n) is 3.58. The van der Waals surface area contributed by atoms with Gasteiger partial charge in [-0.15, -0.1) is 0 Å². The molecule has 1 aromatic carbocycles. The average molecular weight is 259 g/mol. The number of ether oxygens (including phenoxy) is 1. The lowest BCUT2D eigenvalue weighted by atomic mass is 10.1. The summed E-state index contributed by atoms with van der Waals surface area (Å²) in [5.41, 5.74) is 0. The first-order valence-electron chi connectivity index (χ1n) is 4.66. The molecule has 3 heteroatoms. The second kappa shape index (κ2) is 5.37. The SMILES string of the molecule is CC(C)C(O)COc1cccc(Br)c1. The molecule has 0 aliphatic rings. The van der Waals surface area contributed by atoms with Gasteiger partial charge in [0.15, 0.2) is 0 Å². The monoisotopic (exact) mass is 258 g/mol. The fourth-order valence-corrected chi connectivity index (χ4v) is 1.31. The predicted molar refractivity (Wildman–Crippen MR) is 60.5 cm³/mol. The summed E-state index contributed by atoms with van der Waals surface area (Å²) in [6.07, 6.45) is -0.408. The first kappa shape index (κ1) is 11.5. The fraction of sp³-hybridized carbons (Fsp3) is 0.455. The third kappa shape index (κ3) is 3.68. The Balaban J connectivity index is 2.45. The molecule has 1 N–H and O–H groups in total. The van der Waals surface area contributed by atoms with Crippen LogP contribution in [0.5, 0.6) is 5.75 Å². The summed E-state index contributed by atoms with van der Waals surface area (Å²) in [6.45, 7) is 4.28. The Labute approximate surface area is 93.0 Å². The summed E-state index contributed by atoms with van der Waals surface area (Å²) >= 11 is 3.36. The molecule has 1 atom stereocenters. The largest absolute Gasteiger partial charge is 0.491 e. The average Bonchev–Trinajstić information content (AvgIpc) is 2.14. The predicted octanol–water partition coefficient (Wildman–Crippen LogP) is 2.84. The maximum Gasteiger partial charge on any atom is 0.120 e. The van der Waals surface area contributed by atoms with Crippen LogP contribution in [-0.2, 0) is 0 Å². The van der Waals surface area contributed by atoms with Crippen LogP contribution in [0, 0.1) is 5.92 Å². The molecule has 0 aliphatic heterocycles. The lowest BCUT2D eigenvalue weighted by molar-refractivity contribution is 0.0701. The van der Waals surface area contributed by atoms with Crippen molar-refractivity contribution in [1.82, 2.24) is 0 Å². The minimum Gasteiger partial charge on any atom is -0.491 e. The van der Waals surface area contributed by atoms with E-state index in [0.717, 1.165) is 10.2 Å². The van der Waals surface area contributed by atoms with Crippen molar-refractivity contribution < 1.29 is 9.84 Å². The zero-order valence-corrected chi connectivity index (χ0v) is 9.99. The molecule has 0 heterocycles. The Morgan fingerprint density at radius 2 is 2.14 bits per heavy atom. The molecule has 2 nitrogen and oxygen atoms in total. The van der Waals surface area contributed by atoms with Crippen molar-refractivity contribution in [1.29, 1.82) is 0 Å². The highest BCUT2D eigenvalue weighted by Gasteiger charge is 2.09. The van der Waals surface area contributed by atoms with Crippen LogP contribution in [0.2, 0.25) is 0 Å². The van der Waals surface area contributed by atoms with Crippen molar-refractivity contribution in [3.63, 3.8) is 0 Å². The Kier molecular flexibility index (Phi) is 4.42. The van der Waals surface area contributed by atoms with Gasteiger partial charge in [0.05, 0.1) is 6.10 Å². The molecular formula is C11H15BrO2. The van der Waals surface area contributed by atoms with Crippen molar-refractivity contribution in [2.24, 2.45) is 5.92 Å². The molecule has 0 aliphatic carbocycles. The standard InChI is InChI=1S/C11H15BrO2/c1-8(2)11(13)7-14-10-5-3-4-9(12)6-10/h3-6,8,11,13H,7H2,1-2H3. The van der Waals surface area contributed by atoms with Crippen molar-refractivity contribution in [3.05, 3.63) is 28.7 Å². The van der Waals surface area contributed by atoms with Crippen molar-refractivity contribution >= 4 is 15.9 Å². The minimum absolute atomic E-state index is 0.224. The van der Waals surface area contributed by atoms with Crippen LogP contribution < -0.4 is 4.74 Å².